The minimum atomic E-state index is -0.999. The van der Waals surface area contributed by atoms with Gasteiger partial charge < -0.3 is 14.5 Å². The molecule has 9 nitrogen and oxygen atoms in total. The number of hydrogen-bond acceptors (Lipinski definition) is 7. The Bertz CT molecular complexity index is 1170. The third kappa shape index (κ3) is 5.40. The van der Waals surface area contributed by atoms with Crippen molar-refractivity contribution in [2.75, 3.05) is 18.0 Å². The summed E-state index contributed by atoms with van der Waals surface area (Å²) in [4.78, 5) is 52.0. The van der Waals surface area contributed by atoms with Crippen molar-refractivity contribution < 1.29 is 24.0 Å². The molecule has 1 saturated heterocycles. The summed E-state index contributed by atoms with van der Waals surface area (Å²) < 4.78 is 5.56. The molecule has 0 bridgehead atoms. The minimum absolute atomic E-state index is 0.207. The van der Waals surface area contributed by atoms with Crippen LogP contribution in [0.4, 0.5) is 10.6 Å². The van der Waals surface area contributed by atoms with Gasteiger partial charge in [-0.1, -0.05) is 23.4 Å². The summed E-state index contributed by atoms with van der Waals surface area (Å²) in [7, 11) is 0. The standard InChI is InChI=1S/C27H32N4O5/c1-26(2,3)35-25(34)30-16-8-9-20(17-30)31(21-10-6-7-15-28-21)24(33)19-13-11-18(12-14-19)22-23(32)27(4,5)36-29-22/h6-7,10-15,20H,8-9,16-17H2,1-5H3/t20-/m1/s1. The van der Waals surface area contributed by atoms with Crippen molar-refractivity contribution >= 4 is 29.3 Å². The third-order valence-corrected chi connectivity index (χ3v) is 6.06. The van der Waals surface area contributed by atoms with Gasteiger partial charge in [-0.2, -0.15) is 0 Å². The molecule has 0 unspecified atom stereocenters. The number of carbonyl (C=O) groups excluding carboxylic acids is 3. The molecule has 190 valence electrons. The van der Waals surface area contributed by atoms with Crippen molar-refractivity contribution in [1.29, 1.82) is 0 Å². The van der Waals surface area contributed by atoms with Crippen LogP contribution in [0, 0.1) is 0 Å². The van der Waals surface area contributed by atoms with Crippen LogP contribution in [0.25, 0.3) is 0 Å². The highest BCUT2D eigenvalue weighted by molar-refractivity contribution is 6.49. The molecule has 0 radical (unpaired) electrons. The summed E-state index contributed by atoms with van der Waals surface area (Å²) in [6.07, 6.45) is 2.70. The van der Waals surface area contributed by atoms with Gasteiger partial charge in [-0.05, 0) is 71.7 Å². The van der Waals surface area contributed by atoms with Gasteiger partial charge in [0.15, 0.2) is 11.3 Å². The van der Waals surface area contributed by atoms with Gasteiger partial charge in [0.2, 0.25) is 5.78 Å². The van der Waals surface area contributed by atoms with Crippen molar-refractivity contribution in [3.05, 3.63) is 59.8 Å². The number of amides is 2. The number of benzene rings is 1. The minimum Gasteiger partial charge on any atom is -0.444 e. The lowest BCUT2D eigenvalue weighted by Gasteiger charge is -2.39. The summed E-state index contributed by atoms with van der Waals surface area (Å²) in [5.74, 6) is 0.0572. The number of rotatable bonds is 4. The first kappa shape index (κ1) is 25.3. The van der Waals surface area contributed by atoms with Crippen LogP contribution in [0.15, 0.2) is 53.8 Å². The molecule has 0 N–H and O–H groups in total. The molecular weight excluding hydrogens is 460 g/mol. The number of likely N-dealkylation sites (tertiary alicyclic amines) is 1. The van der Waals surface area contributed by atoms with E-state index in [0.717, 1.165) is 12.8 Å². The van der Waals surface area contributed by atoms with Crippen LogP contribution >= 0.6 is 0 Å². The maximum atomic E-state index is 13.8. The van der Waals surface area contributed by atoms with Crippen LogP contribution < -0.4 is 4.90 Å². The van der Waals surface area contributed by atoms with Crippen LogP contribution in [0.1, 0.15) is 63.4 Å². The van der Waals surface area contributed by atoms with Gasteiger partial charge in [-0.25, -0.2) is 9.78 Å². The first-order valence-corrected chi connectivity index (χ1v) is 12.1. The molecule has 9 heteroatoms. The fourth-order valence-electron chi connectivity index (χ4n) is 4.23. The Balaban J connectivity index is 1.58. The van der Waals surface area contributed by atoms with E-state index in [1.165, 1.54) is 0 Å². The quantitative estimate of drug-likeness (QED) is 0.634. The van der Waals surface area contributed by atoms with Gasteiger partial charge in [-0.3, -0.25) is 14.5 Å². The zero-order valence-electron chi connectivity index (χ0n) is 21.4. The van der Waals surface area contributed by atoms with Gasteiger partial charge in [0.05, 0.1) is 6.04 Å². The van der Waals surface area contributed by atoms with Crippen LogP contribution in [0.5, 0.6) is 0 Å². The Labute approximate surface area is 211 Å². The van der Waals surface area contributed by atoms with Crippen molar-refractivity contribution in [3.8, 4) is 0 Å². The zero-order valence-corrected chi connectivity index (χ0v) is 21.4. The van der Waals surface area contributed by atoms with Crippen molar-refractivity contribution in [2.24, 2.45) is 5.16 Å². The second-order valence-electron chi connectivity index (χ2n) is 10.5. The predicted octanol–water partition coefficient (Wildman–Crippen LogP) is 4.21. The molecule has 1 atom stereocenters. The lowest BCUT2D eigenvalue weighted by atomic mass is 9.95. The Morgan fingerprint density at radius 1 is 1.14 bits per heavy atom. The smallest absolute Gasteiger partial charge is 0.410 e. The molecule has 4 rings (SSSR count). The normalized spacial score (nSPS) is 19.4. The molecule has 0 saturated carbocycles. The Morgan fingerprint density at radius 2 is 1.86 bits per heavy atom. The molecule has 1 aromatic heterocycles. The molecule has 1 aromatic carbocycles. The number of oxime groups is 1. The number of Topliss-reactive ketones (excluding diaryl/α,β-unsaturated/α-hetero) is 1. The molecular formula is C27H32N4O5. The fraction of sp³-hybridized carbons (Fsp3) is 0.444. The highest BCUT2D eigenvalue weighted by atomic mass is 16.7. The Hall–Kier alpha value is -3.75. The van der Waals surface area contributed by atoms with Crippen LogP contribution in [-0.4, -0.2) is 63.7 Å². The van der Waals surface area contributed by atoms with Crippen molar-refractivity contribution in [1.82, 2.24) is 9.88 Å². The van der Waals surface area contributed by atoms with Crippen LogP contribution in [0.3, 0.4) is 0 Å². The zero-order chi connectivity index (χ0) is 26.1. The lowest BCUT2D eigenvalue weighted by molar-refractivity contribution is -0.128. The number of pyridine rings is 1. The van der Waals surface area contributed by atoms with Crippen LogP contribution in [0.2, 0.25) is 0 Å². The highest BCUT2D eigenvalue weighted by Gasteiger charge is 2.40. The van der Waals surface area contributed by atoms with Crippen LogP contribution in [-0.2, 0) is 14.4 Å². The summed E-state index contributed by atoms with van der Waals surface area (Å²) in [6, 6.07) is 11.8. The van der Waals surface area contributed by atoms with Crippen molar-refractivity contribution in [3.63, 3.8) is 0 Å². The Kier molecular flexibility index (Phi) is 6.84. The highest BCUT2D eigenvalue weighted by Crippen LogP contribution is 2.26. The van der Waals surface area contributed by atoms with E-state index in [1.807, 2.05) is 26.8 Å². The van der Waals surface area contributed by atoms with Crippen molar-refractivity contribution in [2.45, 2.75) is 64.7 Å². The topological polar surface area (TPSA) is 101 Å². The largest absolute Gasteiger partial charge is 0.444 e. The average Bonchev–Trinajstić information content (AvgIpc) is 3.11. The van der Waals surface area contributed by atoms with E-state index in [9.17, 15) is 14.4 Å². The lowest BCUT2D eigenvalue weighted by Crippen LogP contribution is -2.53. The Morgan fingerprint density at radius 3 is 2.44 bits per heavy atom. The molecule has 2 aromatic rings. The SMILES string of the molecule is CC(C)(C)OC(=O)N1CCC[C@@H](N(C(=O)c2ccc(C3=NOC(C)(C)C3=O)cc2)c2ccccn2)C1. The number of ether oxygens (including phenoxy) is 1. The second kappa shape index (κ2) is 9.72. The number of carbonyl (C=O) groups is 3. The van der Waals surface area contributed by atoms with Gasteiger partial charge in [-0.15, -0.1) is 0 Å². The molecule has 0 aliphatic carbocycles. The molecule has 2 amide bonds. The maximum absolute atomic E-state index is 13.8. The summed E-state index contributed by atoms with van der Waals surface area (Å²) in [6.45, 7) is 9.73. The van der Waals surface area contributed by atoms with Gasteiger partial charge in [0.1, 0.15) is 11.4 Å². The van der Waals surface area contributed by atoms with E-state index < -0.39 is 17.3 Å². The number of anilines is 1. The first-order valence-electron chi connectivity index (χ1n) is 12.1. The number of hydrogen-bond donors (Lipinski definition) is 0. The molecule has 2 aliphatic rings. The van der Waals surface area contributed by atoms with E-state index >= 15 is 0 Å². The number of ketones is 1. The number of aromatic nitrogens is 1. The summed E-state index contributed by atoms with van der Waals surface area (Å²) in [5.41, 5.74) is -0.347. The fourth-order valence-corrected chi connectivity index (χ4v) is 4.23. The maximum Gasteiger partial charge on any atom is 0.410 e. The molecule has 0 spiro atoms. The van der Waals surface area contributed by atoms with E-state index in [0.29, 0.717) is 30.0 Å². The second-order valence-corrected chi connectivity index (χ2v) is 10.5. The predicted molar refractivity (Wildman–Crippen MR) is 135 cm³/mol. The van der Waals surface area contributed by atoms with E-state index in [2.05, 4.69) is 10.1 Å². The first-order chi connectivity index (χ1) is 17.0. The molecule has 1 fully saturated rings. The monoisotopic (exact) mass is 492 g/mol. The molecule has 2 aliphatic heterocycles. The van der Waals surface area contributed by atoms with E-state index in [4.69, 9.17) is 9.57 Å². The molecule has 36 heavy (non-hydrogen) atoms. The van der Waals surface area contributed by atoms with E-state index in [-0.39, 0.29) is 23.4 Å². The summed E-state index contributed by atoms with van der Waals surface area (Å²) in [5, 5.41) is 3.93. The number of piperidine rings is 1. The molecule has 3 heterocycles. The van der Waals surface area contributed by atoms with Gasteiger partial charge >= 0.3 is 6.09 Å². The summed E-state index contributed by atoms with van der Waals surface area (Å²) >= 11 is 0. The number of nitrogens with zero attached hydrogens (tertiary/aromatic N) is 4. The van der Waals surface area contributed by atoms with E-state index in [1.54, 1.807) is 66.2 Å². The van der Waals surface area contributed by atoms with Gasteiger partial charge in [0, 0.05) is 30.4 Å². The average molecular weight is 493 g/mol. The van der Waals surface area contributed by atoms with Gasteiger partial charge in [0.25, 0.3) is 5.91 Å². The third-order valence-electron chi connectivity index (χ3n) is 6.06.